The van der Waals surface area contributed by atoms with E-state index in [9.17, 15) is 9.59 Å². The van der Waals surface area contributed by atoms with Gasteiger partial charge in [0.2, 0.25) is 5.91 Å². The lowest BCUT2D eigenvalue weighted by atomic mass is 10.2. The van der Waals surface area contributed by atoms with Gasteiger partial charge in [0.1, 0.15) is 6.10 Å². The fourth-order valence-electron chi connectivity index (χ4n) is 1.46. The summed E-state index contributed by atoms with van der Waals surface area (Å²) in [6.07, 6.45) is -0.671. The average molecular weight is 279 g/mol. The van der Waals surface area contributed by atoms with Crippen molar-refractivity contribution in [3.63, 3.8) is 0 Å². The normalized spacial score (nSPS) is 12.1. The van der Waals surface area contributed by atoms with Crippen LogP contribution in [0, 0.1) is 5.92 Å². The third kappa shape index (κ3) is 4.64. The van der Waals surface area contributed by atoms with Crippen LogP contribution in [0.5, 0.6) is 0 Å². The van der Waals surface area contributed by atoms with Crippen LogP contribution in [0.4, 0.5) is 11.4 Å². The molecule has 1 atom stereocenters. The third-order valence-corrected chi connectivity index (χ3v) is 2.74. The highest BCUT2D eigenvalue weighted by atomic mass is 16.5. The largest absolute Gasteiger partial charge is 0.370 e. The van der Waals surface area contributed by atoms with Crippen LogP contribution in [-0.4, -0.2) is 31.6 Å². The molecule has 6 heteroatoms. The monoisotopic (exact) mass is 279 g/mol. The Labute approximate surface area is 118 Å². The molecule has 6 nitrogen and oxygen atoms in total. The van der Waals surface area contributed by atoms with E-state index in [0.29, 0.717) is 11.4 Å². The molecule has 1 unspecified atom stereocenters. The van der Waals surface area contributed by atoms with E-state index in [2.05, 4.69) is 10.6 Å². The number of methoxy groups -OCH3 is 1. The molecule has 1 aromatic carbocycles. The number of carbonyl (C=O) groups excluding carboxylic acids is 2. The minimum Gasteiger partial charge on any atom is -0.370 e. The summed E-state index contributed by atoms with van der Waals surface area (Å²) >= 11 is 0. The zero-order chi connectivity index (χ0) is 15.1. The van der Waals surface area contributed by atoms with Gasteiger partial charge in [-0.1, -0.05) is 13.8 Å². The van der Waals surface area contributed by atoms with Gasteiger partial charge in [0.05, 0.1) is 0 Å². The second kappa shape index (κ2) is 7.62. The van der Waals surface area contributed by atoms with Gasteiger partial charge in [-0.2, -0.15) is 0 Å². The topological polar surface area (TPSA) is 93.4 Å². The zero-order valence-corrected chi connectivity index (χ0v) is 12.0. The second-order valence-electron chi connectivity index (χ2n) is 4.67. The van der Waals surface area contributed by atoms with Crippen molar-refractivity contribution >= 4 is 23.2 Å². The maximum absolute atomic E-state index is 11.7. The first-order chi connectivity index (χ1) is 9.47. The Hall–Kier alpha value is -1.92. The zero-order valence-electron chi connectivity index (χ0n) is 12.0. The van der Waals surface area contributed by atoms with E-state index in [4.69, 9.17) is 10.5 Å². The van der Waals surface area contributed by atoms with Crippen molar-refractivity contribution in [1.29, 1.82) is 0 Å². The summed E-state index contributed by atoms with van der Waals surface area (Å²) in [5, 5.41) is 5.46. The summed E-state index contributed by atoms with van der Waals surface area (Å²) in [6.45, 7) is 3.76. The molecule has 0 radical (unpaired) electrons. The summed E-state index contributed by atoms with van der Waals surface area (Å²) in [5.74, 6) is -0.431. The Balaban J connectivity index is 2.63. The molecule has 0 aromatic heterocycles. The van der Waals surface area contributed by atoms with E-state index in [1.165, 1.54) is 7.11 Å². The maximum Gasteiger partial charge on any atom is 0.254 e. The molecular formula is C14H21N3O3. The van der Waals surface area contributed by atoms with Gasteiger partial charge in [-0.25, -0.2) is 0 Å². The summed E-state index contributed by atoms with van der Waals surface area (Å²) < 4.78 is 4.94. The molecule has 0 bridgehead atoms. The number of nitrogens with one attached hydrogen (secondary N) is 2. The molecule has 4 N–H and O–H groups in total. The van der Waals surface area contributed by atoms with Crippen molar-refractivity contribution in [2.75, 3.05) is 24.3 Å². The number of hydrogen-bond donors (Lipinski definition) is 3. The number of nitrogens with two attached hydrogens (primary N) is 1. The van der Waals surface area contributed by atoms with Gasteiger partial charge in [-0.3, -0.25) is 9.59 Å². The molecule has 0 saturated heterocycles. The van der Waals surface area contributed by atoms with Gasteiger partial charge in [0.15, 0.2) is 0 Å². The predicted molar refractivity (Wildman–Crippen MR) is 78.4 cm³/mol. The molecule has 0 aliphatic heterocycles. The number of rotatable bonds is 6. The number of hydrogen-bond acceptors (Lipinski definition) is 4. The minimum absolute atomic E-state index is 0.0515. The first kappa shape index (κ1) is 16.1. The predicted octanol–water partition coefficient (Wildman–Crippen LogP) is 1.19. The van der Waals surface area contributed by atoms with Crippen LogP contribution >= 0.6 is 0 Å². The van der Waals surface area contributed by atoms with Gasteiger partial charge < -0.3 is 21.1 Å². The number of amides is 2. The Morgan fingerprint density at radius 2 is 1.55 bits per heavy atom. The van der Waals surface area contributed by atoms with Crippen molar-refractivity contribution in [2.45, 2.75) is 20.0 Å². The fraction of sp³-hybridized carbons (Fsp3) is 0.429. The molecule has 1 aromatic rings. The maximum atomic E-state index is 11.7. The van der Waals surface area contributed by atoms with Crippen LogP contribution in [-0.2, 0) is 14.3 Å². The summed E-state index contributed by atoms with van der Waals surface area (Å²) in [6, 6.07) is 6.86. The van der Waals surface area contributed by atoms with E-state index in [1.54, 1.807) is 24.3 Å². The number of ether oxygens (including phenoxy) is 1. The van der Waals surface area contributed by atoms with Crippen LogP contribution in [0.1, 0.15) is 13.8 Å². The minimum atomic E-state index is -0.671. The molecule has 2 amide bonds. The molecule has 0 saturated carbocycles. The average Bonchev–Trinajstić information content (AvgIpc) is 2.42. The Morgan fingerprint density at radius 1 is 1.10 bits per heavy atom. The Bertz CT molecular complexity index is 453. The van der Waals surface area contributed by atoms with Crippen molar-refractivity contribution in [3.05, 3.63) is 24.3 Å². The highest BCUT2D eigenvalue weighted by Crippen LogP contribution is 2.14. The van der Waals surface area contributed by atoms with Crippen LogP contribution in [0.25, 0.3) is 0 Å². The van der Waals surface area contributed by atoms with Gasteiger partial charge in [0.25, 0.3) is 5.91 Å². The highest BCUT2D eigenvalue weighted by molar-refractivity contribution is 5.95. The second-order valence-corrected chi connectivity index (χ2v) is 4.67. The van der Waals surface area contributed by atoms with E-state index in [-0.39, 0.29) is 24.3 Å². The summed E-state index contributed by atoms with van der Waals surface area (Å²) in [5.41, 5.74) is 6.71. The van der Waals surface area contributed by atoms with Crippen LogP contribution < -0.4 is 16.4 Å². The molecule has 20 heavy (non-hydrogen) atoms. The van der Waals surface area contributed by atoms with Gasteiger partial charge >= 0.3 is 0 Å². The van der Waals surface area contributed by atoms with Gasteiger partial charge in [-0.15, -0.1) is 0 Å². The fourth-order valence-corrected chi connectivity index (χ4v) is 1.46. The lowest BCUT2D eigenvalue weighted by molar-refractivity contribution is -0.125. The third-order valence-electron chi connectivity index (χ3n) is 2.74. The molecule has 0 aliphatic carbocycles. The molecule has 0 spiro atoms. The molecule has 0 heterocycles. The van der Waals surface area contributed by atoms with Crippen LogP contribution in [0.15, 0.2) is 24.3 Å². The molecular weight excluding hydrogens is 258 g/mol. The van der Waals surface area contributed by atoms with Crippen molar-refractivity contribution in [2.24, 2.45) is 11.7 Å². The molecule has 0 aliphatic rings. The van der Waals surface area contributed by atoms with E-state index >= 15 is 0 Å². The first-order valence-electron chi connectivity index (χ1n) is 6.42. The van der Waals surface area contributed by atoms with E-state index in [0.717, 1.165) is 0 Å². The quantitative estimate of drug-likeness (QED) is 0.729. The standard InChI is InChI=1S/C14H21N3O3/c1-9(2)13(18)16-10-4-6-11(7-5-10)17-14(19)12(8-15)20-3/h4-7,9,12H,8,15H2,1-3H3,(H,16,18)(H,17,19). The highest BCUT2D eigenvalue weighted by Gasteiger charge is 2.15. The van der Waals surface area contributed by atoms with E-state index in [1.807, 2.05) is 13.8 Å². The van der Waals surface area contributed by atoms with Crippen molar-refractivity contribution in [3.8, 4) is 0 Å². The Kier molecular flexibility index (Phi) is 6.14. The van der Waals surface area contributed by atoms with Crippen LogP contribution in [0.3, 0.4) is 0 Å². The summed E-state index contributed by atoms with van der Waals surface area (Å²) in [4.78, 5) is 23.3. The number of benzene rings is 1. The summed E-state index contributed by atoms with van der Waals surface area (Å²) in [7, 11) is 1.43. The number of anilines is 2. The van der Waals surface area contributed by atoms with Crippen LogP contribution in [0.2, 0.25) is 0 Å². The van der Waals surface area contributed by atoms with Gasteiger partial charge in [-0.05, 0) is 24.3 Å². The van der Waals surface area contributed by atoms with Crippen molar-refractivity contribution in [1.82, 2.24) is 0 Å². The van der Waals surface area contributed by atoms with Crippen molar-refractivity contribution < 1.29 is 14.3 Å². The first-order valence-corrected chi connectivity index (χ1v) is 6.42. The molecule has 110 valence electrons. The van der Waals surface area contributed by atoms with Gasteiger partial charge in [0, 0.05) is 30.9 Å². The smallest absolute Gasteiger partial charge is 0.254 e. The molecule has 1 rings (SSSR count). The lowest BCUT2D eigenvalue weighted by Crippen LogP contribution is -2.35. The number of carbonyl (C=O) groups is 2. The lowest BCUT2D eigenvalue weighted by Gasteiger charge is -2.13. The SMILES string of the molecule is COC(CN)C(=O)Nc1ccc(NC(=O)C(C)C)cc1. The van der Waals surface area contributed by atoms with E-state index < -0.39 is 6.10 Å². The Morgan fingerprint density at radius 3 is 1.90 bits per heavy atom. The molecule has 0 fully saturated rings.